The monoisotopic (exact) mass is 330 g/mol. The zero-order valence-electron chi connectivity index (χ0n) is 8.86. The molecule has 0 spiro atoms. The average Bonchev–Trinajstić information content (AvgIpc) is 2.68. The van der Waals surface area contributed by atoms with E-state index in [9.17, 15) is 18.0 Å². The Kier molecular flexibility index (Phi) is 3.59. The van der Waals surface area contributed by atoms with Crippen LogP contribution in [0.2, 0.25) is 15.1 Å². The Hall–Kier alpha value is -1.11. The molecule has 0 aliphatic rings. The first-order valence-corrected chi connectivity index (χ1v) is 5.88. The van der Waals surface area contributed by atoms with Crippen molar-refractivity contribution in [1.29, 1.82) is 0 Å². The van der Waals surface area contributed by atoms with E-state index in [1.54, 1.807) is 0 Å². The number of hydrogen-bond acceptors (Lipinski definition) is 1. The third-order valence-electron chi connectivity index (χ3n) is 2.33. The summed E-state index contributed by atoms with van der Waals surface area (Å²) in [6.45, 7) is 0. The maximum atomic E-state index is 12.5. The van der Waals surface area contributed by atoms with Crippen LogP contribution in [0, 0.1) is 0 Å². The molecule has 0 radical (unpaired) electrons. The van der Waals surface area contributed by atoms with E-state index in [0.29, 0.717) is 10.9 Å². The molecule has 1 aromatic carbocycles. The lowest BCUT2D eigenvalue weighted by atomic mass is 10.3. The number of hydrogen-bond donors (Lipinski definition) is 1. The summed E-state index contributed by atoms with van der Waals surface area (Å²) in [5.74, 6) is 0. The molecule has 0 amide bonds. The molecule has 19 heavy (non-hydrogen) atoms. The van der Waals surface area contributed by atoms with Gasteiger partial charge in [0.1, 0.15) is 5.56 Å². The van der Waals surface area contributed by atoms with Crippen molar-refractivity contribution < 1.29 is 13.2 Å². The van der Waals surface area contributed by atoms with Crippen LogP contribution in [0.3, 0.4) is 0 Å². The van der Waals surface area contributed by atoms with E-state index in [2.05, 4.69) is 5.10 Å². The first-order chi connectivity index (χ1) is 8.73. The second kappa shape index (κ2) is 4.77. The van der Waals surface area contributed by atoms with Gasteiger partial charge < -0.3 is 0 Å². The Bertz CT molecular complexity index is 690. The van der Waals surface area contributed by atoms with Crippen molar-refractivity contribution >= 4 is 34.8 Å². The second-order valence-corrected chi connectivity index (χ2v) is 4.68. The minimum Gasteiger partial charge on any atom is -0.298 e. The van der Waals surface area contributed by atoms with Gasteiger partial charge in [-0.3, -0.25) is 9.89 Å². The highest BCUT2D eigenvalue weighted by atomic mass is 35.5. The highest BCUT2D eigenvalue weighted by Gasteiger charge is 2.36. The summed E-state index contributed by atoms with van der Waals surface area (Å²) >= 11 is 17.3. The predicted molar refractivity (Wildman–Crippen MR) is 66.4 cm³/mol. The average molecular weight is 332 g/mol. The number of H-pyrrole nitrogens is 1. The number of aromatic amines is 1. The molecule has 0 aliphatic heterocycles. The standard InChI is InChI=1S/C10H4Cl3F3N2O/c11-5-1-2-6(8(13)7(5)12)18-9(19)4(3-17-18)10(14,15)16/h1-3,17H. The summed E-state index contributed by atoms with van der Waals surface area (Å²) in [6.07, 6.45) is -4.19. The fraction of sp³-hybridized carbons (Fsp3) is 0.100. The van der Waals surface area contributed by atoms with Gasteiger partial charge in [0.2, 0.25) is 0 Å². The van der Waals surface area contributed by atoms with Gasteiger partial charge in [0, 0.05) is 6.20 Å². The summed E-state index contributed by atoms with van der Waals surface area (Å²) in [5.41, 5.74) is -2.61. The molecule has 9 heteroatoms. The topological polar surface area (TPSA) is 37.8 Å². The molecule has 0 saturated heterocycles. The van der Waals surface area contributed by atoms with Gasteiger partial charge in [-0.05, 0) is 12.1 Å². The molecule has 0 aliphatic carbocycles. The normalized spacial score (nSPS) is 11.9. The number of nitrogens with one attached hydrogen (secondary N) is 1. The largest absolute Gasteiger partial charge is 0.423 e. The molecule has 102 valence electrons. The van der Waals surface area contributed by atoms with Gasteiger partial charge in [0.25, 0.3) is 5.56 Å². The van der Waals surface area contributed by atoms with Gasteiger partial charge in [-0.15, -0.1) is 0 Å². The molecule has 3 nitrogen and oxygen atoms in total. The summed E-state index contributed by atoms with van der Waals surface area (Å²) in [7, 11) is 0. The number of nitrogens with zero attached hydrogens (tertiary/aromatic N) is 1. The Morgan fingerprint density at radius 3 is 2.26 bits per heavy atom. The fourth-order valence-electron chi connectivity index (χ4n) is 1.44. The Morgan fingerprint density at radius 2 is 1.74 bits per heavy atom. The smallest absolute Gasteiger partial charge is 0.298 e. The maximum absolute atomic E-state index is 12.5. The molecule has 1 heterocycles. The van der Waals surface area contributed by atoms with Crippen molar-refractivity contribution in [2.75, 3.05) is 0 Å². The van der Waals surface area contributed by atoms with Gasteiger partial charge in [0.15, 0.2) is 0 Å². The van der Waals surface area contributed by atoms with Gasteiger partial charge in [-0.1, -0.05) is 34.8 Å². The minimum absolute atomic E-state index is 0.0171. The number of rotatable bonds is 1. The van der Waals surface area contributed by atoms with Crippen molar-refractivity contribution in [2.45, 2.75) is 6.18 Å². The van der Waals surface area contributed by atoms with E-state index >= 15 is 0 Å². The van der Waals surface area contributed by atoms with Gasteiger partial charge >= 0.3 is 6.18 Å². The molecular formula is C10H4Cl3F3N2O. The molecule has 0 fully saturated rings. The lowest BCUT2D eigenvalue weighted by molar-refractivity contribution is -0.138. The number of alkyl halides is 3. The lowest BCUT2D eigenvalue weighted by Gasteiger charge is -2.07. The first-order valence-electron chi connectivity index (χ1n) is 4.75. The third kappa shape index (κ3) is 2.48. The van der Waals surface area contributed by atoms with E-state index in [0.717, 1.165) is 0 Å². The minimum atomic E-state index is -4.75. The summed E-state index contributed by atoms with van der Waals surface area (Å²) in [5, 5.41) is 2.15. The number of aromatic nitrogens is 2. The van der Waals surface area contributed by atoms with E-state index in [4.69, 9.17) is 34.8 Å². The predicted octanol–water partition coefficient (Wildman–Crippen LogP) is 4.14. The molecule has 0 atom stereocenters. The second-order valence-electron chi connectivity index (χ2n) is 3.52. The molecule has 1 N–H and O–H groups in total. The fourth-order valence-corrected chi connectivity index (χ4v) is 2.06. The maximum Gasteiger partial charge on any atom is 0.423 e. The third-order valence-corrected chi connectivity index (χ3v) is 3.62. The van der Waals surface area contributed by atoms with Gasteiger partial charge in [0.05, 0.1) is 20.8 Å². The van der Waals surface area contributed by atoms with Crippen LogP contribution in [0.15, 0.2) is 23.1 Å². The van der Waals surface area contributed by atoms with E-state index in [1.165, 1.54) is 12.1 Å². The quantitative estimate of drug-likeness (QED) is 0.783. The zero-order chi connectivity index (χ0) is 14.4. The van der Waals surface area contributed by atoms with Crippen molar-refractivity contribution in [1.82, 2.24) is 9.78 Å². The van der Waals surface area contributed by atoms with Crippen molar-refractivity contribution in [3.8, 4) is 5.69 Å². The molecule has 0 unspecified atom stereocenters. The highest BCUT2D eigenvalue weighted by molar-refractivity contribution is 6.48. The Balaban J connectivity index is 2.65. The molecule has 2 aromatic rings. The van der Waals surface area contributed by atoms with Crippen LogP contribution in [0.5, 0.6) is 0 Å². The Labute approximate surface area is 119 Å². The zero-order valence-corrected chi connectivity index (χ0v) is 11.1. The molecule has 0 saturated carbocycles. The van der Waals surface area contributed by atoms with E-state index in [1.807, 2.05) is 0 Å². The lowest BCUT2D eigenvalue weighted by Crippen LogP contribution is -2.22. The van der Waals surface area contributed by atoms with Gasteiger partial charge in [-0.25, -0.2) is 4.68 Å². The van der Waals surface area contributed by atoms with Crippen LogP contribution in [0.25, 0.3) is 5.69 Å². The first kappa shape index (κ1) is 14.3. The van der Waals surface area contributed by atoms with Crippen molar-refractivity contribution in [2.24, 2.45) is 0 Å². The summed E-state index contributed by atoms with van der Waals surface area (Å²) in [6, 6.07) is 2.61. The summed E-state index contributed by atoms with van der Waals surface area (Å²) in [4.78, 5) is 11.6. The number of benzene rings is 1. The number of halogens is 6. The van der Waals surface area contributed by atoms with E-state index in [-0.39, 0.29) is 20.8 Å². The van der Waals surface area contributed by atoms with Crippen LogP contribution < -0.4 is 5.56 Å². The SMILES string of the molecule is O=c1c(C(F)(F)F)c[nH]n1-c1ccc(Cl)c(Cl)c1Cl. The van der Waals surface area contributed by atoms with Crippen molar-refractivity contribution in [3.63, 3.8) is 0 Å². The Morgan fingerprint density at radius 1 is 1.11 bits per heavy atom. The van der Waals surface area contributed by atoms with Crippen LogP contribution in [0.4, 0.5) is 13.2 Å². The molecular weight excluding hydrogens is 327 g/mol. The van der Waals surface area contributed by atoms with Crippen molar-refractivity contribution in [3.05, 3.63) is 49.3 Å². The van der Waals surface area contributed by atoms with Crippen LogP contribution >= 0.6 is 34.8 Å². The highest BCUT2D eigenvalue weighted by Crippen LogP contribution is 2.34. The molecule has 0 bridgehead atoms. The molecule has 2 rings (SSSR count). The molecule has 1 aromatic heterocycles. The van der Waals surface area contributed by atoms with Crippen LogP contribution in [-0.4, -0.2) is 9.78 Å². The van der Waals surface area contributed by atoms with Crippen LogP contribution in [-0.2, 0) is 6.18 Å². The summed E-state index contributed by atoms with van der Waals surface area (Å²) < 4.78 is 38.2. The van der Waals surface area contributed by atoms with Gasteiger partial charge in [-0.2, -0.15) is 13.2 Å². The van der Waals surface area contributed by atoms with E-state index < -0.39 is 17.3 Å². The van der Waals surface area contributed by atoms with Crippen LogP contribution in [0.1, 0.15) is 5.56 Å².